The van der Waals surface area contributed by atoms with E-state index in [4.69, 9.17) is 10.5 Å². The molecule has 3 nitrogen and oxygen atoms in total. The third kappa shape index (κ3) is 2.50. The quantitative estimate of drug-likeness (QED) is 0.816. The standard InChI is InChI=1S/C14H19NO2/c1-17-12-7-5-11(6-8-12)13(16)14(15)9-3-2-4-10-14/h5-8H,2-4,9-10,15H2,1H3. The Labute approximate surface area is 102 Å². The van der Waals surface area contributed by atoms with E-state index in [0.717, 1.165) is 31.4 Å². The number of ketones is 1. The van der Waals surface area contributed by atoms with Crippen molar-refractivity contribution in [3.63, 3.8) is 0 Å². The Kier molecular flexibility index (Phi) is 3.48. The van der Waals surface area contributed by atoms with Gasteiger partial charge in [0.2, 0.25) is 0 Å². The summed E-state index contributed by atoms with van der Waals surface area (Å²) in [6, 6.07) is 7.20. The summed E-state index contributed by atoms with van der Waals surface area (Å²) in [6.45, 7) is 0. The van der Waals surface area contributed by atoms with Crippen LogP contribution in [0.15, 0.2) is 24.3 Å². The van der Waals surface area contributed by atoms with Crippen LogP contribution < -0.4 is 10.5 Å². The monoisotopic (exact) mass is 233 g/mol. The number of methoxy groups -OCH3 is 1. The Morgan fingerprint density at radius 2 is 1.76 bits per heavy atom. The number of Topliss-reactive ketones (excluding diaryl/α,β-unsaturated/α-hetero) is 1. The van der Waals surface area contributed by atoms with Crippen molar-refractivity contribution >= 4 is 5.78 Å². The second-order valence-electron chi connectivity index (χ2n) is 4.77. The second kappa shape index (κ2) is 4.88. The Bertz CT molecular complexity index is 391. The average Bonchev–Trinajstić information content (AvgIpc) is 2.39. The van der Waals surface area contributed by atoms with Gasteiger partial charge in [0, 0.05) is 5.56 Å². The van der Waals surface area contributed by atoms with Crippen molar-refractivity contribution in [2.45, 2.75) is 37.6 Å². The van der Waals surface area contributed by atoms with Gasteiger partial charge in [-0.2, -0.15) is 0 Å². The van der Waals surface area contributed by atoms with E-state index < -0.39 is 5.54 Å². The van der Waals surface area contributed by atoms with Crippen LogP contribution in [-0.4, -0.2) is 18.4 Å². The molecule has 17 heavy (non-hydrogen) atoms. The molecule has 1 fully saturated rings. The van der Waals surface area contributed by atoms with Gasteiger partial charge < -0.3 is 10.5 Å². The van der Waals surface area contributed by atoms with E-state index >= 15 is 0 Å². The molecule has 92 valence electrons. The zero-order chi connectivity index (χ0) is 12.3. The van der Waals surface area contributed by atoms with Crippen LogP contribution in [0.1, 0.15) is 42.5 Å². The highest BCUT2D eigenvalue weighted by Crippen LogP contribution is 2.29. The molecule has 0 unspecified atom stereocenters. The Morgan fingerprint density at radius 1 is 1.18 bits per heavy atom. The number of carbonyl (C=O) groups is 1. The van der Waals surface area contributed by atoms with Gasteiger partial charge in [0.1, 0.15) is 5.75 Å². The fourth-order valence-corrected chi connectivity index (χ4v) is 2.44. The number of ether oxygens (including phenoxy) is 1. The topological polar surface area (TPSA) is 52.3 Å². The molecule has 1 saturated carbocycles. The molecular formula is C14H19NO2. The van der Waals surface area contributed by atoms with Crippen LogP contribution in [0.5, 0.6) is 5.75 Å². The van der Waals surface area contributed by atoms with Gasteiger partial charge in [0.25, 0.3) is 0 Å². The molecule has 0 saturated heterocycles. The van der Waals surface area contributed by atoms with Crippen LogP contribution in [-0.2, 0) is 0 Å². The number of hydrogen-bond acceptors (Lipinski definition) is 3. The molecule has 2 N–H and O–H groups in total. The number of hydrogen-bond donors (Lipinski definition) is 1. The molecule has 2 rings (SSSR count). The first-order valence-electron chi connectivity index (χ1n) is 6.13. The first-order chi connectivity index (χ1) is 8.15. The van der Waals surface area contributed by atoms with E-state index in [1.165, 1.54) is 6.42 Å². The summed E-state index contributed by atoms with van der Waals surface area (Å²) in [5.41, 5.74) is 6.27. The Balaban J connectivity index is 2.17. The molecule has 1 aliphatic rings. The van der Waals surface area contributed by atoms with E-state index in [2.05, 4.69) is 0 Å². The number of nitrogens with two attached hydrogens (primary N) is 1. The maximum absolute atomic E-state index is 12.4. The lowest BCUT2D eigenvalue weighted by Crippen LogP contribution is -2.49. The summed E-state index contributed by atoms with van der Waals surface area (Å²) >= 11 is 0. The van der Waals surface area contributed by atoms with Crippen molar-refractivity contribution in [3.05, 3.63) is 29.8 Å². The second-order valence-corrected chi connectivity index (χ2v) is 4.77. The van der Waals surface area contributed by atoms with Crippen LogP contribution in [0.4, 0.5) is 0 Å². The van der Waals surface area contributed by atoms with E-state index in [1.807, 2.05) is 0 Å². The van der Waals surface area contributed by atoms with E-state index in [1.54, 1.807) is 31.4 Å². The summed E-state index contributed by atoms with van der Waals surface area (Å²) in [5, 5.41) is 0. The van der Waals surface area contributed by atoms with Crippen molar-refractivity contribution < 1.29 is 9.53 Å². The van der Waals surface area contributed by atoms with Crippen LogP contribution in [0.2, 0.25) is 0 Å². The van der Waals surface area contributed by atoms with Crippen molar-refractivity contribution in [1.29, 1.82) is 0 Å². The van der Waals surface area contributed by atoms with Crippen LogP contribution in [0.3, 0.4) is 0 Å². The Morgan fingerprint density at radius 3 is 2.29 bits per heavy atom. The molecule has 0 aliphatic heterocycles. The van der Waals surface area contributed by atoms with Gasteiger partial charge in [-0.3, -0.25) is 4.79 Å². The number of benzene rings is 1. The minimum Gasteiger partial charge on any atom is -0.497 e. The van der Waals surface area contributed by atoms with E-state index in [9.17, 15) is 4.79 Å². The molecule has 3 heteroatoms. The zero-order valence-electron chi connectivity index (χ0n) is 10.2. The van der Waals surface area contributed by atoms with Gasteiger partial charge in [0.15, 0.2) is 5.78 Å². The van der Waals surface area contributed by atoms with Crippen LogP contribution in [0.25, 0.3) is 0 Å². The lowest BCUT2D eigenvalue weighted by atomic mass is 9.77. The van der Waals surface area contributed by atoms with Gasteiger partial charge >= 0.3 is 0 Å². The van der Waals surface area contributed by atoms with Gasteiger partial charge in [0.05, 0.1) is 12.6 Å². The molecule has 0 aromatic heterocycles. The van der Waals surface area contributed by atoms with Crippen molar-refractivity contribution in [1.82, 2.24) is 0 Å². The minimum absolute atomic E-state index is 0.0693. The first-order valence-corrected chi connectivity index (χ1v) is 6.13. The first kappa shape index (κ1) is 12.1. The summed E-state index contributed by atoms with van der Waals surface area (Å²) in [5.74, 6) is 0.830. The van der Waals surface area contributed by atoms with Crippen LogP contribution >= 0.6 is 0 Å². The summed E-state index contributed by atoms with van der Waals surface area (Å²) in [7, 11) is 1.61. The van der Waals surface area contributed by atoms with Crippen LogP contribution in [0, 0.1) is 0 Å². The smallest absolute Gasteiger partial charge is 0.182 e. The largest absolute Gasteiger partial charge is 0.497 e. The molecule has 1 aliphatic carbocycles. The highest BCUT2D eigenvalue weighted by Gasteiger charge is 2.35. The predicted molar refractivity (Wildman–Crippen MR) is 67.3 cm³/mol. The SMILES string of the molecule is COc1ccc(C(=O)C2(N)CCCCC2)cc1. The molecule has 1 aromatic rings. The highest BCUT2D eigenvalue weighted by atomic mass is 16.5. The summed E-state index contributed by atoms with van der Waals surface area (Å²) in [6.07, 6.45) is 4.90. The Hall–Kier alpha value is -1.35. The fraction of sp³-hybridized carbons (Fsp3) is 0.500. The average molecular weight is 233 g/mol. The van der Waals surface area contributed by atoms with Gasteiger partial charge in [-0.1, -0.05) is 19.3 Å². The fourth-order valence-electron chi connectivity index (χ4n) is 2.44. The third-order valence-electron chi connectivity index (χ3n) is 3.55. The van der Waals surface area contributed by atoms with Gasteiger partial charge in [-0.15, -0.1) is 0 Å². The molecule has 0 bridgehead atoms. The molecule has 0 heterocycles. The number of carbonyl (C=O) groups excluding carboxylic acids is 1. The van der Waals surface area contributed by atoms with Crippen molar-refractivity contribution in [2.75, 3.05) is 7.11 Å². The summed E-state index contributed by atoms with van der Waals surface area (Å²) in [4.78, 5) is 12.4. The highest BCUT2D eigenvalue weighted by molar-refractivity contribution is 6.03. The maximum Gasteiger partial charge on any atom is 0.182 e. The molecule has 0 amide bonds. The molecule has 1 aromatic carbocycles. The van der Waals surface area contributed by atoms with Crippen molar-refractivity contribution in [2.24, 2.45) is 5.73 Å². The lowest BCUT2D eigenvalue weighted by Gasteiger charge is -2.31. The maximum atomic E-state index is 12.4. The predicted octanol–water partition coefficient (Wildman–Crippen LogP) is 2.54. The number of rotatable bonds is 3. The van der Waals surface area contributed by atoms with E-state index in [-0.39, 0.29) is 5.78 Å². The van der Waals surface area contributed by atoms with E-state index in [0.29, 0.717) is 5.56 Å². The zero-order valence-corrected chi connectivity index (χ0v) is 10.2. The third-order valence-corrected chi connectivity index (χ3v) is 3.55. The van der Waals surface area contributed by atoms with Crippen molar-refractivity contribution in [3.8, 4) is 5.75 Å². The molecule has 0 radical (unpaired) electrons. The van der Waals surface area contributed by atoms with Gasteiger partial charge in [-0.25, -0.2) is 0 Å². The summed E-state index contributed by atoms with van der Waals surface area (Å²) < 4.78 is 5.08. The minimum atomic E-state index is -0.646. The molecule has 0 atom stereocenters. The van der Waals surface area contributed by atoms with Gasteiger partial charge in [-0.05, 0) is 37.1 Å². The lowest BCUT2D eigenvalue weighted by molar-refractivity contribution is 0.0848. The molecular weight excluding hydrogens is 214 g/mol. The molecule has 0 spiro atoms. The normalized spacial score (nSPS) is 18.7.